The molecule has 19 heavy (non-hydrogen) atoms. The molecular weight excluding hydrogens is 258 g/mol. The number of aromatic nitrogens is 1. The molecule has 1 aliphatic rings. The van der Waals surface area contributed by atoms with Crippen molar-refractivity contribution < 1.29 is 4.79 Å². The molecule has 4 nitrogen and oxygen atoms in total. The number of thiazole rings is 1. The van der Waals surface area contributed by atoms with E-state index in [0.717, 1.165) is 22.8 Å². The summed E-state index contributed by atoms with van der Waals surface area (Å²) in [6, 6.07) is 7.87. The minimum absolute atomic E-state index is 0.0295. The average Bonchev–Trinajstić information content (AvgIpc) is 3.01. The Bertz CT molecular complexity index is 583. The van der Waals surface area contributed by atoms with Gasteiger partial charge in [0.05, 0.1) is 17.2 Å². The molecule has 1 aromatic carbocycles. The number of para-hydroxylation sites is 1. The number of nitrogens with one attached hydrogen (secondary N) is 2. The Morgan fingerprint density at radius 2 is 2.37 bits per heavy atom. The van der Waals surface area contributed by atoms with Crippen LogP contribution in [0, 0.1) is 6.92 Å². The highest BCUT2D eigenvalue weighted by Crippen LogP contribution is 2.25. The van der Waals surface area contributed by atoms with Gasteiger partial charge in [-0.15, -0.1) is 11.3 Å². The lowest BCUT2D eigenvalue weighted by Crippen LogP contribution is -2.38. The van der Waals surface area contributed by atoms with Gasteiger partial charge >= 0.3 is 0 Å². The summed E-state index contributed by atoms with van der Waals surface area (Å²) in [5.74, 6) is 0.0295. The van der Waals surface area contributed by atoms with Crippen molar-refractivity contribution in [1.82, 2.24) is 10.3 Å². The van der Waals surface area contributed by atoms with Crippen LogP contribution in [0.1, 0.15) is 16.3 Å². The number of anilines is 1. The van der Waals surface area contributed by atoms with Crippen molar-refractivity contribution >= 4 is 22.9 Å². The maximum atomic E-state index is 12.1. The van der Waals surface area contributed by atoms with Gasteiger partial charge in [-0.2, -0.15) is 0 Å². The summed E-state index contributed by atoms with van der Waals surface area (Å²) in [4.78, 5) is 16.4. The van der Waals surface area contributed by atoms with E-state index in [-0.39, 0.29) is 11.9 Å². The first-order valence-electron chi connectivity index (χ1n) is 6.25. The van der Waals surface area contributed by atoms with Crippen LogP contribution < -0.4 is 10.6 Å². The highest BCUT2D eigenvalue weighted by molar-refractivity contribution is 7.09. The number of hydrogen-bond acceptors (Lipinski definition) is 4. The van der Waals surface area contributed by atoms with Crippen LogP contribution in [0.2, 0.25) is 0 Å². The van der Waals surface area contributed by atoms with E-state index >= 15 is 0 Å². The van der Waals surface area contributed by atoms with Gasteiger partial charge < -0.3 is 10.6 Å². The molecule has 0 radical (unpaired) electrons. The second kappa shape index (κ2) is 5.01. The number of nitrogens with zero attached hydrogens (tertiary/aromatic N) is 1. The molecular formula is C14H15N3OS. The molecule has 98 valence electrons. The summed E-state index contributed by atoms with van der Waals surface area (Å²) in [6.45, 7) is 2.46. The first-order valence-corrected chi connectivity index (χ1v) is 7.13. The Balaban J connectivity index is 1.58. The molecule has 2 aromatic rings. The predicted molar refractivity (Wildman–Crippen MR) is 76.3 cm³/mol. The standard InChI is InChI=1S/C14H15N3OS/c1-9-16-11(8-19-9)7-15-14(18)13-6-10-4-2-3-5-12(10)17-13/h2-5,8,13,17H,6-7H2,1H3,(H,15,18)/t13-/m0/s1. The molecule has 0 bridgehead atoms. The number of hydrogen-bond donors (Lipinski definition) is 2. The van der Waals surface area contributed by atoms with Gasteiger partial charge in [0.25, 0.3) is 0 Å². The Hall–Kier alpha value is -1.88. The van der Waals surface area contributed by atoms with E-state index < -0.39 is 0 Å². The van der Waals surface area contributed by atoms with Gasteiger partial charge in [-0.25, -0.2) is 4.98 Å². The zero-order valence-corrected chi connectivity index (χ0v) is 11.5. The van der Waals surface area contributed by atoms with Crippen molar-refractivity contribution in [2.45, 2.75) is 25.9 Å². The molecule has 1 aliphatic heterocycles. The molecule has 2 heterocycles. The molecule has 1 amide bonds. The Morgan fingerprint density at radius 1 is 1.53 bits per heavy atom. The van der Waals surface area contributed by atoms with Gasteiger partial charge in [0.1, 0.15) is 6.04 Å². The maximum Gasteiger partial charge on any atom is 0.243 e. The van der Waals surface area contributed by atoms with E-state index in [0.29, 0.717) is 6.54 Å². The number of rotatable bonds is 3. The van der Waals surface area contributed by atoms with Crippen molar-refractivity contribution in [3.8, 4) is 0 Å². The SMILES string of the molecule is Cc1nc(CNC(=O)[C@@H]2Cc3ccccc3N2)cs1. The second-order valence-electron chi connectivity index (χ2n) is 4.63. The summed E-state index contributed by atoms with van der Waals surface area (Å²) in [7, 11) is 0. The molecule has 0 fully saturated rings. The molecule has 1 aromatic heterocycles. The van der Waals surface area contributed by atoms with Crippen LogP contribution in [0.25, 0.3) is 0 Å². The van der Waals surface area contributed by atoms with Gasteiger partial charge in [0, 0.05) is 17.5 Å². The quantitative estimate of drug-likeness (QED) is 0.900. The molecule has 5 heteroatoms. The molecule has 2 N–H and O–H groups in total. The Labute approximate surface area is 115 Å². The van der Waals surface area contributed by atoms with Crippen molar-refractivity contribution in [2.24, 2.45) is 0 Å². The van der Waals surface area contributed by atoms with Crippen molar-refractivity contribution in [1.29, 1.82) is 0 Å². The fourth-order valence-electron chi connectivity index (χ4n) is 2.25. The highest BCUT2D eigenvalue weighted by atomic mass is 32.1. The average molecular weight is 273 g/mol. The zero-order chi connectivity index (χ0) is 13.2. The summed E-state index contributed by atoms with van der Waals surface area (Å²) in [5, 5.41) is 9.18. The first-order chi connectivity index (χ1) is 9.22. The van der Waals surface area contributed by atoms with Crippen molar-refractivity contribution in [3.63, 3.8) is 0 Å². The number of benzene rings is 1. The van der Waals surface area contributed by atoms with Crippen molar-refractivity contribution in [2.75, 3.05) is 5.32 Å². The van der Waals surface area contributed by atoms with Crippen molar-refractivity contribution in [3.05, 3.63) is 45.9 Å². The van der Waals surface area contributed by atoms with Crippen LogP contribution in [0.5, 0.6) is 0 Å². The summed E-state index contributed by atoms with van der Waals surface area (Å²) < 4.78 is 0. The van der Waals surface area contributed by atoms with Crippen LogP contribution in [0.3, 0.4) is 0 Å². The van der Waals surface area contributed by atoms with E-state index in [1.807, 2.05) is 30.5 Å². The largest absolute Gasteiger partial charge is 0.373 e. The number of fused-ring (bicyclic) bond motifs is 1. The molecule has 0 unspecified atom stereocenters. The lowest BCUT2D eigenvalue weighted by molar-refractivity contribution is -0.121. The van der Waals surface area contributed by atoms with E-state index in [1.54, 1.807) is 11.3 Å². The predicted octanol–water partition coefficient (Wildman–Crippen LogP) is 2.10. The third kappa shape index (κ3) is 2.61. The monoisotopic (exact) mass is 273 g/mol. The lowest BCUT2D eigenvalue weighted by atomic mass is 10.1. The highest BCUT2D eigenvalue weighted by Gasteiger charge is 2.25. The lowest BCUT2D eigenvalue weighted by Gasteiger charge is -2.11. The number of amides is 1. The molecule has 3 rings (SSSR count). The second-order valence-corrected chi connectivity index (χ2v) is 5.70. The number of carbonyl (C=O) groups excluding carboxylic acids is 1. The van der Waals surface area contributed by atoms with Crippen LogP contribution >= 0.6 is 11.3 Å². The molecule has 0 spiro atoms. The third-order valence-corrected chi connectivity index (χ3v) is 4.02. The van der Waals surface area contributed by atoms with Gasteiger partial charge in [-0.1, -0.05) is 18.2 Å². The molecule has 1 atom stereocenters. The summed E-state index contributed by atoms with van der Waals surface area (Å²) >= 11 is 1.60. The van der Waals surface area contributed by atoms with Crippen LogP contribution in [0.4, 0.5) is 5.69 Å². The maximum absolute atomic E-state index is 12.1. The fourth-order valence-corrected chi connectivity index (χ4v) is 2.86. The summed E-state index contributed by atoms with van der Waals surface area (Å²) in [6.07, 6.45) is 0.748. The minimum atomic E-state index is -0.169. The zero-order valence-electron chi connectivity index (χ0n) is 10.6. The third-order valence-electron chi connectivity index (χ3n) is 3.20. The fraction of sp³-hybridized carbons (Fsp3) is 0.286. The van der Waals surface area contributed by atoms with Gasteiger partial charge in [-0.05, 0) is 18.6 Å². The van der Waals surface area contributed by atoms with E-state index in [4.69, 9.17) is 0 Å². The molecule has 0 aliphatic carbocycles. The van der Waals surface area contributed by atoms with E-state index in [9.17, 15) is 4.79 Å². The van der Waals surface area contributed by atoms with E-state index in [1.165, 1.54) is 5.56 Å². The number of carbonyl (C=O) groups is 1. The van der Waals surface area contributed by atoms with E-state index in [2.05, 4.69) is 21.7 Å². The van der Waals surface area contributed by atoms with Gasteiger partial charge in [-0.3, -0.25) is 4.79 Å². The minimum Gasteiger partial charge on any atom is -0.373 e. The van der Waals surface area contributed by atoms with Crippen LogP contribution in [-0.2, 0) is 17.8 Å². The van der Waals surface area contributed by atoms with Gasteiger partial charge in [0.15, 0.2) is 0 Å². The molecule has 0 saturated carbocycles. The molecule has 0 saturated heterocycles. The topological polar surface area (TPSA) is 54.0 Å². The van der Waals surface area contributed by atoms with Gasteiger partial charge in [0.2, 0.25) is 5.91 Å². The normalized spacial score (nSPS) is 16.8. The smallest absolute Gasteiger partial charge is 0.243 e. The first kappa shape index (κ1) is 12.2. The number of aryl methyl sites for hydroxylation is 1. The summed E-state index contributed by atoms with van der Waals surface area (Å²) in [5.41, 5.74) is 3.19. The Kier molecular flexibility index (Phi) is 3.21. The Morgan fingerprint density at radius 3 is 3.11 bits per heavy atom. The van der Waals surface area contributed by atoms with Crippen LogP contribution in [0.15, 0.2) is 29.6 Å². The van der Waals surface area contributed by atoms with Crippen LogP contribution in [-0.4, -0.2) is 16.9 Å².